The van der Waals surface area contributed by atoms with Gasteiger partial charge in [0.1, 0.15) is 10.6 Å². The van der Waals surface area contributed by atoms with Crippen LogP contribution in [0.3, 0.4) is 0 Å². The first kappa shape index (κ1) is 20.1. The number of methoxy groups -OCH3 is 1. The molecule has 162 valence electrons. The second-order valence-electron chi connectivity index (χ2n) is 7.68. The fourth-order valence-corrected chi connectivity index (χ4v) is 5.12. The number of aromatic amines is 1. The summed E-state index contributed by atoms with van der Waals surface area (Å²) in [6, 6.07) is 7.63. The van der Waals surface area contributed by atoms with Gasteiger partial charge in [0, 0.05) is 30.5 Å². The molecule has 5 aromatic rings. The highest BCUT2D eigenvalue weighted by Crippen LogP contribution is 2.38. The van der Waals surface area contributed by atoms with Crippen molar-refractivity contribution in [1.29, 1.82) is 0 Å². The van der Waals surface area contributed by atoms with Crippen LogP contribution in [-0.2, 0) is 7.05 Å². The monoisotopic (exact) mass is 447 g/mol. The summed E-state index contributed by atoms with van der Waals surface area (Å²) >= 11 is 1.39. The van der Waals surface area contributed by atoms with Gasteiger partial charge in [0.2, 0.25) is 0 Å². The molecule has 9 heteroatoms. The summed E-state index contributed by atoms with van der Waals surface area (Å²) in [5.74, 6) is 0.687. The van der Waals surface area contributed by atoms with Crippen molar-refractivity contribution >= 4 is 21.6 Å². The number of ether oxygens (including phenoxy) is 1. The Kier molecular flexibility index (Phi) is 4.63. The number of benzene rings is 1. The highest BCUT2D eigenvalue weighted by Gasteiger charge is 2.19. The van der Waals surface area contributed by atoms with Crippen molar-refractivity contribution in [2.24, 2.45) is 7.05 Å². The maximum atomic E-state index is 13.3. The van der Waals surface area contributed by atoms with Crippen molar-refractivity contribution in [3.05, 3.63) is 81.3 Å². The summed E-state index contributed by atoms with van der Waals surface area (Å²) in [4.78, 5) is 34.6. The first-order chi connectivity index (χ1) is 15.4. The quantitative estimate of drug-likeness (QED) is 0.456. The first-order valence-corrected chi connectivity index (χ1v) is 10.8. The molecule has 8 nitrogen and oxygen atoms in total. The molecule has 32 heavy (non-hydrogen) atoms. The van der Waals surface area contributed by atoms with E-state index in [0.717, 1.165) is 27.4 Å². The third-order valence-corrected chi connectivity index (χ3v) is 6.75. The Morgan fingerprint density at radius 3 is 2.59 bits per heavy atom. The van der Waals surface area contributed by atoms with E-state index < -0.39 is 5.69 Å². The van der Waals surface area contributed by atoms with E-state index in [-0.39, 0.29) is 5.56 Å². The van der Waals surface area contributed by atoms with Gasteiger partial charge < -0.3 is 13.9 Å². The number of imidazole rings is 1. The lowest BCUT2D eigenvalue weighted by molar-refractivity contribution is 0.413. The van der Waals surface area contributed by atoms with E-state index in [9.17, 15) is 9.59 Å². The third-order valence-electron chi connectivity index (χ3n) is 5.49. The third kappa shape index (κ3) is 3.09. The average molecular weight is 448 g/mol. The Bertz CT molecular complexity index is 1600. The van der Waals surface area contributed by atoms with E-state index >= 15 is 0 Å². The summed E-state index contributed by atoms with van der Waals surface area (Å²) in [5, 5.41) is 0.515. The van der Waals surface area contributed by atoms with Crippen LogP contribution in [0.15, 0.2) is 58.8 Å². The molecule has 0 aliphatic carbocycles. The van der Waals surface area contributed by atoms with Crippen LogP contribution < -0.4 is 16.0 Å². The molecule has 0 saturated heterocycles. The fourth-order valence-electron chi connectivity index (χ4n) is 3.93. The van der Waals surface area contributed by atoms with Crippen LogP contribution >= 0.6 is 11.3 Å². The summed E-state index contributed by atoms with van der Waals surface area (Å²) < 4.78 is 10.5. The Labute approximate surface area is 187 Å². The van der Waals surface area contributed by atoms with Gasteiger partial charge in [-0.05, 0) is 43.2 Å². The van der Waals surface area contributed by atoms with Crippen molar-refractivity contribution in [2.45, 2.75) is 13.8 Å². The normalized spacial score (nSPS) is 11.4. The Hall–Kier alpha value is -3.85. The number of nitrogens with one attached hydrogen (secondary N) is 1. The molecular weight excluding hydrogens is 426 g/mol. The molecule has 0 saturated carbocycles. The van der Waals surface area contributed by atoms with Crippen LogP contribution in [0.1, 0.15) is 11.3 Å². The molecule has 0 fully saturated rings. The highest BCUT2D eigenvalue weighted by molar-refractivity contribution is 7.22. The van der Waals surface area contributed by atoms with Crippen molar-refractivity contribution in [1.82, 2.24) is 23.7 Å². The maximum absolute atomic E-state index is 13.3. The maximum Gasteiger partial charge on any atom is 0.334 e. The zero-order valence-electron chi connectivity index (χ0n) is 18.0. The standard InChI is InChI=1S/C23H21N5O3S/c1-13-10-27(12-24-13)17-6-5-15(9-18(17)31-4)20-14(2)19-21(32-20)25-23(30)28(22(19)29)16-7-8-26(3)11-16/h5-12H,1-4H3,(H,25,30). The number of nitrogens with zero attached hydrogens (tertiary/aromatic N) is 4. The van der Waals surface area contributed by atoms with Crippen LogP contribution in [0, 0.1) is 13.8 Å². The van der Waals surface area contributed by atoms with Gasteiger partial charge in [-0.25, -0.2) is 14.3 Å². The zero-order chi connectivity index (χ0) is 22.6. The molecule has 0 radical (unpaired) electrons. The molecule has 0 bridgehead atoms. The summed E-state index contributed by atoms with van der Waals surface area (Å²) in [6.07, 6.45) is 7.22. The van der Waals surface area contributed by atoms with Crippen molar-refractivity contribution in [2.75, 3.05) is 7.11 Å². The largest absolute Gasteiger partial charge is 0.495 e. The molecular formula is C23H21N5O3S. The van der Waals surface area contributed by atoms with Crippen LogP contribution in [-0.4, -0.2) is 30.8 Å². The zero-order valence-corrected chi connectivity index (χ0v) is 18.9. The number of rotatable bonds is 4. The lowest BCUT2D eigenvalue weighted by Gasteiger charge is -2.11. The van der Waals surface area contributed by atoms with Gasteiger partial charge in [-0.1, -0.05) is 6.07 Å². The van der Waals surface area contributed by atoms with Crippen LogP contribution in [0.4, 0.5) is 0 Å². The minimum absolute atomic E-state index is 0.326. The molecule has 0 amide bonds. The molecule has 0 unspecified atom stereocenters. The summed E-state index contributed by atoms with van der Waals surface area (Å²) in [7, 11) is 3.47. The molecule has 5 rings (SSSR count). The van der Waals surface area contributed by atoms with Crippen LogP contribution in [0.2, 0.25) is 0 Å². The molecule has 1 aromatic carbocycles. The van der Waals surface area contributed by atoms with E-state index in [1.807, 2.05) is 49.9 Å². The Morgan fingerprint density at radius 1 is 1.12 bits per heavy atom. The van der Waals surface area contributed by atoms with Crippen molar-refractivity contribution < 1.29 is 4.74 Å². The van der Waals surface area contributed by atoms with Gasteiger partial charge in [0.15, 0.2) is 0 Å². The van der Waals surface area contributed by atoms with Crippen molar-refractivity contribution in [3.63, 3.8) is 0 Å². The van der Waals surface area contributed by atoms with Crippen molar-refractivity contribution in [3.8, 4) is 27.6 Å². The van der Waals surface area contributed by atoms with Gasteiger partial charge in [-0.3, -0.25) is 9.78 Å². The second-order valence-corrected chi connectivity index (χ2v) is 8.70. The average Bonchev–Trinajstić information content (AvgIpc) is 3.47. The van der Waals surface area contributed by atoms with Gasteiger partial charge in [0.25, 0.3) is 5.56 Å². The number of fused-ring (bicyclic) bond motifs is 1. The van der Waals surface area contributed by atoms with Gasteiger partial charge in [0.05, 0.1) is 35.9 Å². The molecule has 4 aromatic heterocycles. The summed E-state index contributed by atoms with van der Waals surface area (Å²) in [6.45, 7) is 3.84. The number of thiophene rings is 1. The van der Waals surface area contributed by atoms with E-state index in [4.69, 9.17) is 4.74 Å². The molecule has 0 aliphatic rings. The molecule has 1 N–H and O–H groups in total. The lowest BCUT2D eigenvalue weighted by Crippen LogP contribution is -2.33. The smallest absolute Gasteiger partial charge is 0.334 e. The van der Waals surface area contributed by atoms with Gasteiger partial charge >= 0.3 is 5.69 Å². The van der Waals surface area contributed by atoms with E-state index in [2.05, 4.69) is 9.97 Å². The number of aryl methyl sites for hydroxylation is 3. The second kappa shape index (κ2) is 7.38. The molecule has 0 atom stereocenters. The number of aromatic nitrogens is 5. The molecule has 0 aliphatic heterocycles. The number of hydrogen-bond donors (Lipinski definition) is 1. The fraction of sp³-hybridized carbons (Fsp3) is 0.174. The number of H-pyrrole nitrogens is 1. The Balaban J connectivity index is 1.69. The van der Waals surface area contributed by atoms with Gasteiger partial charge in [-0.2, -0.15) is 0 Å². The highest BCUT2D eigenvalue weighted by atomic mass is 32.1. The minimum atomic E-state index is -0.454. The number of hydrogen-bond acceptors (Lipinski definition) is 5. The molecule has 0 spiro atoms. The topological polar surface area (TPSA) is 86.8 Å². The van der Waals surface area contributed by atoms with Crippen LogP contribution in [0.5, 0.6) is 5.75 Å². The predicted octanol–water partition coefficient (Wildman–Crippen LogP) is 3.56. The lowest BCUT2D eigenvalue weighted by atomic mass is 10.1. The summed E-state index contributed by atoms with van der Waals surface area (Å²) in [5.41, 5.74) is 3.27. The van der Waals surface area contributed by atoms with E-state index in [1.165, 1.54) is 15.9 Å². The Morgan fingerprint density at radius 2 is 1.94 bits per heavy atom. The first-order valence-electron chi connectivity index (χ1n) is 9.97. The predicted molar refractivity (Wildman–Crippen MR) is 126 cm³/mol. The van der Waals surface area contributed by atoms with Crippen LogP contribution in [0.25, 0.3) is 32.0 Å². The SMILES string of the molecule is COc1cc(-c2sc3[nH]c(=O)n(-c4ccn(C)c4)c(=O)c3c2C)ccc1-n1cnc(C)c1. The minimum Gasteiger partial charge on any atom is -0.495 e. The molecule has 4 heterocycles. The van der Waals surface area contributed by atoms with Gasteiger partial charge in [-0.15, -0.1) is 11.3 Å². The van der Waals surface area contributed by atoms with E-state index in [1.54, 1.807) is 36.5 Å². The van der Waals surface area contributed by atoms with E-state index in [0.29, 0.717) is 21.7 Å².